The van der Waals surface area contributed by atoms with Crippen LogP contribution in [-0.4, -0.2) is 44.6 Å². The molecule has 3 aromatic rings. The molecule has 9 nitrogen and oxygen atoms in total. The van der Waals surface area contributed by atoms with E-state index < -0.39 is 11.9 Å². The van der Waals surface area contributed by atoms with Gasteiger partial charge in [0.15, 0.2) is 5.82 Å². The lowest BCUT2D eigenvalue weighted by Crippen LogP contribution is -2.16. The number of carbonyl (C=O) groups is 1. The molecule has 3 heterocycles. The van der Waals surface area contributed by atoms with E-state index in [2.05, 4.69) is 37.1 Å². The molecule has 0 aromatic carbocycles. The fourth-order valence-corrected chi connectivity index (χ4v) is 2.47. The van der Waals surface area contributed by atoms with Gasteiger partial charge in [0.05, 0.1) is 29.5 Å². The van der Waals surface area contributed by atoms with Gasteiger partial charge in [-0.25, -0.2) is 15.0 Å². The highest BCUT2D eigenvalue weighted by Crippen LogP contribution is 2.23. The van der Waals surface area contributed by atoms with Crippen LogP contribution < -0.4 is 11.1 Å². The lowest BCUT2D eigenvalue weighted by atomic mass is 10.2. The van der Waals surface area contributed by atoms with E-state index >= 15 is 0 Å². The first kappa shape index (κ1) is 20.5. The van der Waals surface area contributed by atoms with Crippen molar-refractivity contribution < 1.29 is 9.18 Å². The molecular weight excluding hydrogens is 387 g/mol. The molecule has 0 bridgehead atoms. The van der Waals surface area contributed by atoms with Crippen molar-refractivity contribution in [2.24, 2.45) is 5.10 Å². The molecule has 0 fully saturated rings. The predicted octanol–water partition coefficient (Wildman–Crippen LogP) is 2.82. The minimum Gasteiger partial charge on any atom is -0.396 e. The quantitative estimate of drug-likeness (QED) is 0.367. The molecule has 0 atom stereocenters. The molecule has 0 aliphatic heterocycles. The Hall–Kier alpha value is -4.21. The van der Waals surface area contributed by atoms with Gasteiger partial charge in [-0.15, -0.1) is 0 Å². The number of allylic oxidation sites excluding steroid dienone is 1. The minimum atomic E-state index is -0.595. The highest BCUT2D eigenvalue weighted by Gasteiger charge is 2.13. The van der Waals surface area contributed by atoms with Crippen molar-refractivity contribution >= 4 is 29.7 Å². The number of nitrogens with one attached hydrogen (secondary N) is 1. The van der Waals surface area contributed by atoms with Crippen LogP contribution in [0.2, 0.25) is 0 Å². The summed E-state index contributed by atoms with van der Waals surface area (Å²) in [6.45, 7) is 5.27. The van der Waals surface area contributed by atoms with Gasteiger partial charge in [0.25, 0.3) is 5.91 Å². The summed E-state index contributed by atoms with van der Waals surface area (Å²) in [7, 11) is 1.74. The Bertz CT molecular complexity index is 1100. The van der Waals surface area contributed by atoms with Crippen molar-refractivity contribution in [2.75, 3.05) is 18.1 Å². The second-order valence-electron chi connectivity index (χ2n) is 6.27. The van der Waals surface area contributed by atoms with Crippen LogP contribution in [0.3, 0.4) is 0 Å². The third-order valence-electron chi connectivity index (χ3n) is 4.07. The van der Waals surface area contributed by atoms with Gasteiger partial charge in [0.1, 0.15) is 5.69 Å². The average Bonchev–Trinajstić information content (AvgIpc) is 2.75. The van der Waals surface area contributed by atoms with Gasteiger partial charge in [-0.2, -0.15) is 9.49 Å². The number of rotatable bonds is 6. The number of nitrogens with two attached hydrogens (primary N) is 1. The van der Waals surface area contributed by atoms with E-state index in [1.807, 2.05) is 6.92 Å². The van der Waals surface area contributed by atoms with Crippen molar-refractivity contribution in [1.82, 2.24) is 24.9 Å². The second-order valence-corrected chi connectivity index (χ2v) is 6.27. The van der Waals surface area contributed by atoms with Crippen molar-refractivity contribution in [3.05, 3.63) is 66.4 Å². The summed E-state index contributed by atoms with van der Waals surface area (Å²) < 4.78 is 13.0. The van der Waals surface area contributed by atoms with Crippen molar-refractivity contribution in [1.29, 1.82) is 0 Å². The smallest absolute Gasteiger partial charge is 0.277 e. The Morgan fingerprint density at radius 3 is 2.53 bits per heavy atom. The van der Waals surface area contributed by atoms with E-state index in [1.165, 1.54) is 35.7 Å². The summed E-state index contributed by atoms with van der Waals surface area (Å²) in [4.78, 5) is 28.9. The average molecular weight is 406 g/mol. The van der Waals surface area contributed by atoms with Gasteiger partial charge in [-0.05, 0) is 36.8 Å². The summed E-state index contributed by atoms with van der Waals surface area (Å²) in [6.07, 6.45) is 5.92. The summed E-state index contributed by atoms with van der Waals surface area (Å²) in [5, 5.41) is 7.90. The summed E-state index contributed by atoms with van der Waals surface area (Å²) >= 11 is 0. The normalized spacial score (nSPS) is 11.1. The van der Waals surface area contributed by atoms with Gasteiger partial charge in [-0.1, -0.05) is 0 Å². The van der Waals surface area contributed by atoms with Crippen LogP contribution in [0.5, 0.6) is 0 Å². The Morgan fingerprint density at radius 1 is 1.17 bits per heavy atom. The van der Waals surface area contributed by atoms with Crippen molar-refractivity contribution in [3.8, 4) is 11.3 Å². The molecular formula is C20H19FN8O. The largest absolute Gasteiger partial charge is 0.396 e. The van der Waals surface area contributed by atoms with Gasteiger partial charge in [0, 0.05) is 31.7 Å². The van der Waals surface area contributed by atoms with Crippen LogP contribution in [0.4, 0.5) is 15.9 Å². The second kappa shape index (κ2) is 8.86. The maximum absolute atomic E-state index is 13.0. The first-order chi connectivity index (χ1) is 14.4. The predicted molar refractivity (Wildman–Crippen MR) is 113 cm³/mol. The molecule has 0 saturated carbocycles. The van der Waals surface area contributed by atoms with Crippen LogP contribution in [0.15, 0.2) is 54.2 Å². The molecule has 3 aromatic heterocycles. The third kappa shape index (κ3) is 4.79. The van der Waals surface area contributed by atoms with Crippen LogP contribution in [0.1, 0.15) is 23.1 Å². The number of amides is 1. The Labute approximate surface area is 172 Å². The maximum Gasteiger partial charge on any atom is 0.277 e. The molecule has 0 aliphatic carbocycles. The lowest BCUT2D eigenvalue weighted by molar-refractivity contribution is 0.102. The zero-order chi connectivity index (χ0) is 21.7. The van der Waals surface area contributed by atoms with E-state index in [1.54, 1.807) is 25.4 Å². The van der Waals surface area contributed by atoms with Gasteiger partial charge in [0.2, 0.25) is 5.95 Å². The number of aromatic nitrogens is 4. The first-order valence-electron chi connectivity index (χ1n) is 8.77. The topological polar surface area (TPSA) is 122 Å². The summed E-state index contributed by atoms with van der Waals surface area (Å²) in [6, 6.07) is 6.00. The molecule has 30 heavy (non-hydrogen) atoms. The molecule has 3 rings (SSSR count). The third-order valence-corrected chi connectivity index (χ3v) is 4.07. The highest BCUT2D eigenvalue weighted by atomic mass is 19.1. The molecule has 0 saturated heterocycles. The van der Waals surface area contributed by atoms with Crippen LogP contribution in [-0.2, 0) is 0 Å². The number of nitrogen functional groups attached to an aromatic ring is 1. The maximum atomic E-state index is 13.0. The Balaban J connectivity index is 1.79. The fraction of sp³-hybridized carbons (Fsp3) is 0.100. The van der Waals surface area contributed by atoms with Gasteiger partial charge >= 0.3 is 0 Å². The molecule has 1 amide bonds. The highest BCUT2D eigenvalue weighted by molar-refractivity contribution is 6.03. The number of halogens is 1. The fourth-order valence-electron chi connectivity index (χ4n) is 2.47. The first-order valence-corrected chi connectivity index (χ1v) is 8.77. The Kier molecular flexibility index (Phi) is 6.06. The summed E-state index contributed by atoms with van der Waals surface area (Å²) in [5.74, 6) is -0.959. The molecule has 0 spiro atoms. The SMILES string of the molecule is C=NN(C)/C=C(\C)c1cnc(C(=O)Nc2nc(-c3ccc(F)nc3)ccc2N)cn1. The van der Waals surface area contributed by atoms with E-state index in [-0.39, 0.29) is 17.2 Å². The molecule has 3 N–H and O–H groups in total. The lowest BCUT2D eigenvalue weighted by Gasteiger charge is -2.10. The summed E-state index contributed by atoms with van der Waals surface area (Å²) in [5.41, 5.74) is 8.74. The van der Waals surface area contributed by atoms with Crippen LogP contribution >= 0.6 is 0 Å². The van der Waals surface area contributed by atoms with Gasteiger partial charge in [-0.3, -0.25) is 14.8 Å². The molecule has 0 radical (unpaired) electrons. The van der Waals surface area contributed by atoms with Crippen LogP contribution in [0.25, 0.3) is 16.8 Å². The van der Waals surface area contributed by atoms with E-state index in [0.717, 1.165) is 5.57 Å². The zero-order valence-electron chi connectivity index (χ0n) is 16.4. The number of pyridine rings is 2. The monoisotopic (exact) mass is 406 g/mol. The minimum absolute atomic E-state index is 0.0943. The van der Waals surface area contributed by atoms with E-state index in [4.69, 9.17) is 5.73 Å². The van der Waals surface area contributed by atoms with Crippen LogP contribution in [0, 0.1) is 5.95 Å². The number of carbonyl (C=O) groups excluding carboxylic acids is 1. The van der Waals surface area contributed by atoms with Gasteiger partial charge < -0.3 is 11.1 Å². The number of hydrazone groups is 1. The number of hydrogen-bond donors (Lipinski definition) is 2. The number of hydrogen-bond acceptors (Lipinski definition) is 8. The Morgan fingerprint density at radius 2 is 1.90 bits per heavy atom. The molecule has 10 heteroatoms. The van der Waals surface area contributed by atoms with E-state index in [9.17, 15) is 9.18 Å². The number of anilines is 2. The standard InChI is InChI=1S/C20H19FN8O/c1-12(11-29(3)23-2)16-9-25-17(10-24-16)20(30)28-19-14(22)5-6-15(27-19)13-4-7-18(21)26-8-13/h4-11H,2,22H2,1,3H3,(H,27,28,30)/b12-11+. The molecule has 0 unspecified atom stereocenters. The van der Waals surface area contributed by atoms with Crippen molar-refractivity contribution in [3.63, 3.8) is 0 Å². The van der Waals surface area contributed by atoms with Crippen molar-refractivity contribution in [2.45, 2.75) is 6.92 Å². The van der Waals surface area contributed by atoms with E-state index in [0.29, 0.717) is 17.0 Å². The molecule has 0 aliphatic rings. The molecule has 152 valence electrons. The number of nitrogens with zero attached hydrogens (tertiary/aromatic N) is 6. The zero-order valence-corrected chi connectivity index (χ0v) is 16.4.